The van der Waals surface area contributed by atoms with Crippen LogP contribution >= 0.6 is 0 Å². The van der Waals surface area contributed by atoms with Crippen molar-refractivity contribution in [3.8, 4) is 0 Å². The number of Topliss-reactive ketones (excluding diaryl/α,β-unsaturated/α-hetero) is 1. The number of rotatable bonds is 9. The van der Waals surface area contributed by atoms with E-state index in [0.717, 1.165) is 5.39 Å². The number of aliphatic hydroxyl groups excluding tert-OH is 1. The smallest absolute Gasteiger partial charge is 0.326 e. The fourth-order valence-electron chi connectivity index (χ4n) is 2.70. The molecule has 0 saturated heterocycles. The molecule has 142 valence electrons. The van der Waals surface area contributed by atoms with Gasteiger partial charge in [0.15, 0.2) is 0 Å². The highest BCUT2D eigenvalue weighted by Crippen LogP contribution is 2.19. The van der Waals surface area contributed by atoms with Crippen molar-refractivity contribution in [1.29, 1.82) is 0 Å². The first-order chi connectivity index (χ1) is 12.8. The number of carboxylic acids is 1. The SMILES string of the molecule is Cn1cc(CC(O)C(=O)NC(CCC(=O)C=[N+]=[N-])C(=O)O)c2cccnc21. The Kier molecular flexibility index (Phi) is 6.53. The molecule has 0 fully saturated rings. The number of aryl methyl sites for hydroxylation is 1. The molecule has 2 heterocycles. The van der Waals surface area contributed by atoms with Crippen LogP contribution in [0, 0.1) is 0 Å². The van der Waals surface area contributed by atoms with Crippen LogP contribution in [-0.4, -0.2) is 60.6 Å². The maximum absolute atomic E-state index is 12.2. The van der Waals surface area contributed by atoms with Crippen LogP contribution in [0.25, 0.3) is 16.6 Å². The third-order valence-corrected chi connectivity index (χ3v) is 4.03. The Morgan fingerprint density at radius 2 is 2.19 bits per heavy atom. The van der Waals surface area contributed by atoms with Crippen molar-refractivity contribution in [2.24, 2.45) is 7.05 Å². The second-order valence-corrected chi connectivity index (χ2v) is 6.01. The van der Waals surface area contributed by atoms with Gasteiger partial charge in [-0.15, -0.1) is 0 Å². The van der Waals surface area contributed by atoms with E-state index in [1.165, 1.54) is 0 Å². The lowest BCUT2D eigenvalue weighted by Gasteiger charge is -2.16. The van der Waals surface area contributed by atoms with E-state index in [1.54, 1.807) is 30.1 Å². The Balaban J connectivity index is 2.03. The van der Waals surface area contributed by atoms with Gasteiger partial charge in [-0.3, -0.25) is 9.59 Å². The summed E-state index contributed by atoms with van der Waals surface area (Å²) in [5.74, 6) is -2.77. The Bertz CT molecular complexity index is 916. The summed E-state index contributed by atoms with van der Waals surface area (Å²) >= 11 is 0. The highest BCUT2D eigenvalue weighted by Gasteiger charge is 2.25. The third kappa shape index (κ3) is 5.06. The summed E-state index contributed by atoms with van der Waals surface area (Å²) in [6.45, 7) is 0. The largest absolute Gasteiger partial charge is 0.480 e. The molecule has 2 atom stereocenters. The molecular weight excluding hydrogens is 354 g/mol. The number of fused-ring (bicyclic) bond motifs is 1. The molecule has 0 aliphatic heterocycles. The van der Waals surface area contributed by atoms with Crippen LogP contribution in [0.3, 0.4) is 0 Å². The van der Waals surface area contributed by atoms with Gasteiger partial charge in [-0.1, -0.05) is 0 Å². The minimum Gasteiger partial charge on any atom is -0.480 e. The fourth-order valence-corrected chi connectivity index (χ4v) is 2.70. The molecule has 3 N–H and O–H groups in total. The van der Waals surface area contributed by atoms with Gasteiger partial charge < -0.3 is 25.6 Å². The van der Waals surface area contributed by atoms with Gasteiger partial charge in [0.2, 0.25) is 11.7 Å². The van der Waals surface area contributed by atoms with Gasteiger partial charge in [-0.2, -0.15) is 4.79 Å². The third-order valence-electron chi connectivity index (χ3n) is 4.03. The van der Waals surface area contributed by atoms with Gasteiger partial charge in [-0.05, 0) is 24.1 Å². The molecule has 0 aromatic carbocycles. The Morgan fingerprint density at radius 1 is 1.44 bits per heavy atom. The van der Waals surface area contributed by atoms with Crippen molar-refractivity contribution in [3.63, 3.8) is 0 Å². The summed E-state index contributed by atoms with van der Waals surface area (Å²) < 4.78 is 1.77. The molecule has 2 rings (SSSR count). The number of aliphatic hydroxyl groups is 1. The van der Waals surface area contributed by atoms with Crippen LogP contribution in [0.1, 0.15) is 18.4 Å². The molecule has 0 aliphatic carbocycles. The Morgan fingerprint density at radius 3 is 2.85 bits per heavy atom. The zero-order valence-corrected chi connectivity index (χ0v) is 14.6. The van der Waals surface area contributed by atoms with E-state index in [9.17, 15) is 24.6 Å². The fraction of sp³-hybridized carbons (Fsp3) is 0.353. The lowest BCUT2D eigenvalue weighted by atomic mass is 10.1. The normalized spacial score (nSPS) is 12.8. The first-order valence-corrected chi connectivity index (χ1v) is 8.14. The zero-order valence-electron chi connectivity index (χ0n) is 14.6. The molecule has 2 aromatic heterocycles. The summed E-state index contributed by atoms with van der Waals surface area (Å²) in [6, 6.07) is 2.21. The zero-order chi connectivity index (χ0) is 20.0. The summed E-state index contributed by atoms with van der Waals surface area (Å²) in [6.07, 6.45) is 2.13. The number of hydrogen-bond acceptors (Lipinski definition) is 5. The van der Waals surface area contributed by atoms with E-state index in [0.29, 0.717) is 17.4 Å². The van der Waals surface area contributed by atoms with Crippen LogP contribution in [0.5, 0.6) is 0 Å². The Hall–Kier alpha value is -3.36. The van der Waals surface area contributed by atoms with Gasteiger partial charge >= 0.3 is 12.2 Å². The molecule has 10 heteroatoms. The standard InChI is InChI=1S/C17H19N5O5/c1-22-9-10(12-3-2-6-19-15(12)22)7-14(24)16(25)21-13(17(26)27)5-4-11(23)8-20-18/h2-3,6,8-9,13-14,24H,4-5,7H2,1H3,(H,21,25)(H,26,27). The van der Waals surface area contributed by atoms with Crippen LogP contribution in [-0.2, 0) is 27.9 Å². The molecule has 2 aromatic rings. The first-order valence-electron chi connectivity index (χ1n) is 8.14. The minimum absolute atomic E-state index is 0.0166. The van der Waals surface area contributed by atoms with Gasteiger partial charge in [0.1, 0.15) is 17.8 Å². The molecule has 0 aliphatic rings. The lowest BCUT2D eigenvalue weighted by Crippen LogP contribution is -2.46. The van der Waals surface area contributed by atoms with E-state index in [4.69, 9.17) is 5.53 Å². The topological polar surface area (TPSA) is 158 Å². The second-order valence-electron chi connectivity index (χ2n) is 6.01. The highest BCUT2D eigenvalue weighted by molar-refractivity contribution is 6.25. The molecule has 0 spiro atoms. The average Bonchev–Trinajstić information content (AvgIpc) is 2.94. The molecule has 27 heavy (non-hydrogen) atoms. The number of nitrogens with zero attached hydrogens (tertiary/aromatic N) is 4. The lowest BCUT2D eigenvalue weighted by molar-refractivity contribution is -0.143. The number of aromatic nitrogens is 2. The number of amides is 1. The first kappa shape index (κ1) is 20.0. The summed E-state index contributed by atoms with van der Waals surface area (Å²) in [7, 11) is 1.79. The summed E-state index contributed by atoms with van der Waals surface area (Å²) in [5.41, 5.74) is 9.67. The number of hydrogen-bond donors (Lipinski definition) is 3. The molecule has 2 unspecified atom stereocenters. The molecule has 0 saturated carbocycles. The second kappa shape index (κ2) is 8.84. The summed E-state index contributed by atoms with van der Waals surface area (Å²) in [4.78, 5) is 41.5. The number of carbonyl (C=O) groups excluding carboxylic acids is 2. The number of nitrogens with one attached hydrogen (secondary N) is 1. The number of ketones is 1. The predicted octanol–water partition coefficient (Wildman–Crippen LogP) is -0.304. The van der Waals surface area contributed by atoms with E-state index in [2.05, 4.69) is 15.1 Å². The number of pyridine rings is 1. The monoisotopic (exact) mass is 373 g/mol. The van der Waals surface area contributed by atoms with Gasteiger partial charge in [0.25, 0.3) is 0 Å². The minimum atomic E-state index is -1.47. The maximum Gasteiger partial charge on any atom is 0.326 e. The van der Waals surface area contributed by atoms with E-state index >= 15 is 0 Å². The van der Waals surface area contributed by atoms with Gasteiger partial charge in [0.05, 0.1) is 0 Å². The van der Waals surface area contributed by atoms with Crippen molar-refractivity contribution < 1.29 is 29.4 Å². The molecular formula is C17H19N5O5. The number of aliphatic carboxylic acids is 1. The molecule has 0 radical (unpaired) electrons. The van der Waals surface area contributed by atoms with Crippen LogP contribution in [0.15, 0.2) is 24.5 Å². The van der Waals surface area contributed by atoms with E-state index < -0.39 is 29.8 Å². The molecule has 1 amide bonds. The van der Waals surface area contributed by atoms with Crippen LogP contribution in [0.4, 0.5) is 0 Å². The number of carboxylic acid groups (broad SMARTS) is 1. The van der Waals surface area contributed by atoms with Gasteiger partial charge in [0, 0.05) is 37.7 Å². The quantitative estimate of drug-likeness (QED) is 0.311. The van der Waals surface area contributed by atoms with E-state index in [-0.39, 0.29) is 19.3 Å². The molecule has 0 bridgehead atoms. The molecule has 10 nitrogen and oxygen atoms in total. The van der Waals surface area contributed by atoms with Crippen LogP contribution in [0.2, 0.25) is 0 Å². The number of carbonyl (C=O) groups is 3. The van der Waals surface area contributed by atoms with E-state index in [1.807, 2.05) is 6.07 Å². The Labute approximate surface area is 154 Å². The van der Waals surface area contributed by atoms with Crippen molar-refractivity contribution >= 4 is 34.9 Å². The van der Waals surface area contributed by atoms with Gasteiger partial charge in [-0.25, -0.2) is 9.78 Å². The maximum atomic E-state index is 12.2. The summed E-state index contributed by atoms with van der Waals surface area (Å²) in [5, 5.41) is 22.4. The predicted molar refractivity (Wildman–Crippen MR) is 93.9 cm³/mol. The average molecular weight is 373 g/mol. The van der Waals surface area contributed by atoms with Crippen molar-refractivity contribution in [3.05, 3.63) is 35.6 Å². The van der Waals surface area contributed by atoms with Crippen molar-refractivity contribution in [2.75, 3.05) is 0 Å². The van der Waals surface area contributed by atoms with Crippen LogP contribution < -0.4 is 5.32 Å². The van der Waals surface area contributed by atoms with Crippen molar-refractivity contribution in [2.45, 2.75) is 31.4 Å². The van der Waals surface area contributed by atoms with Crippen molar-refractivity contribution in [1.82, 2.24) is 14.9 Å². The highest BCUT2D eigenvalue weighted by atomic mass is 16.4.